The van der Waals surface area contributed by atoms with Crippen LogP contribution in [0, 0.1) is 30.6 Å². The highest BCUT2D eigenvalue weighted by atomic mass is 16.5. The van der Waals surface area contributed by atoms with E-state index in [-0.39, 0.29) is 46.8 Å². The van der Waals surface area contributed by atoms with Crippen molar-refractivity contribution in [3.63, 3.8) is 0 Å². The molecule has 6 rings (SSSR count). The molecule has 2 saturated carbocycles. The van der Waals surface area contributed by atoms with Gasteiger partial charge in [0.1, 0.15) is 0 Å². The third-order valence-electron chi connectivity index (χ3n) is 8.59. The van der Waals surface area contributed by atoms with Crippen molar-refractivity contribution in [1.29, 1.82) is 0 Å². The molecular weight excluding hydrogens is 478 g/mol. The zero-order chi connectivity index (χ0) is 26.6. The van der Waals surface area contributed by atoms with Gasteiger partial charge in [-0.25, -0.2) is 4.79 Å². The van der Waals surface area contributed by atoms with Crippen LogP contribution < -0.4 is 4.90 Å². The van der Waals surface area contributed by atoms with Gasteiger partial charge in [-0.05, 0) is 74.3 Å². The number of Topliss-reactive ketones (excluding diaryl/α,β-unsaturated/α-hetero) is 1. The first-order valence-corrected chi connectivity index (χ1v) is 13.2. The highest BCUT2D eigenvalue weighted by Crippen LogP contribution is 2.61. The largest absolute Gasteiger partial charge is 0.451 e. The summed E-state index contributed by atoms with van der Waals surface area (Å²) in [5.41, 5.74) is 3.47. The molecule has 1 aliphatic heterocycles. The number of anilines is 1. The number of imide groups is 1. The zero-order valence-corrected chi connectivity index (χ0v) is 21.4. The maximum Gasteiger partial charge on any atom is 0.338 e. The van der Waals surface area contributed by atoms with E-state index in [1.807, 2.05) is 37.3 Å². The Morgan fingerprint density at radius 1 is 0.816 bits per heavy atom. The van der Waals surface area contributed by atoms with Gasteiger partial charge in [0.25, 0.3) is 0 Å². The Bertz CT molecular complexity index is 1410. The number of rotatable bonds is 6. The van der Waals surface area contributed by atoms with Crippen molar-refractivity contribution in [3.8, 4) is 0 Å². The Morgan fingerprint density at radius 2 is 1.45 bits per heavy atom. The number of fused-ring (bicyclic) bond motifs is 5. The molecule has 192 valence electrons. The number of hydrogen-bond acceptors (Lipinski definition) is 5. The average Bonchev–Trinajstić information content (AvgIpc) is 3.60. The molecule has 3 fully saturated rings. The minimum absolute atomic E-state index is 0.133. The SMILES string of the molecule is Cc1ccc(C(=O)[C@H](C)OC(=O)c2ccc(N3C(=O)[C@@H]4[C@H]5C[C@@H]([C@@H]4C3=O)[C@@H](c3ccccc3)C5)cc2)cc1. The highest BCUT2D eigenvalue weighted by molar-refractivity contribution is 6.22. The lowest BCUT2D eigenvalue weighted by Gasteiger charge is -2.28. The van der Waals surface area contributed by atoms with Crippen molar-refractivity contribution >= 4 is 29.3 Å². The molecule has 3 aromatic carbocycles. The molecule has 3 aliphatic rings. The van der Waals surface area contributed by atoms with Gasteiger partial charge in [0.15, 0.2) is 6.10 Å². The molecule has 1 saturated heterocycles. The summed E-state index contributed by atoms with van der Waals surface area (Å²) >= 11 is 0. The molecule has 1 heterocycles. The minimum Gasteiger partial charge on any atom is -0.451 e. The fraction of sp³-hybridized carbons (Fsp3) is 0.312. The Hall–Kier alpha value is -4.06. The van der Waals surface area contributed by atoms with E-state index in [2.05, 4.69) is 12.1 Å². The molecular formula is C32H29NO5. The minimum atomic E-state index is -0.945. The van der Waals surface area contributed by atoms with Crippen molar-refractivity contribution in [2.45, 2.75) is 38.7 Å². The first kappa shape index (κ1) is 24.3. The molecule has 0 radical (unpaired) electrons. The topological polar surface area (TPSA) is 80.8 Å². The van der Waals surface area contributed by atoms with Gasteiger partial charge in [-0.3, -0.25) is 19.3 Å². The van der Waals surface area contributed by atoms with E-state index in [4.69, 9.17) is 4.74 Å². The maximum absolute atomic E-state index is 13.5. The van der Waals surface area contributed by atoms with Crippen LogP contribution in [0.4, 0.5) is 5.69 Å². The van der Waals surface area contributed by atoms with Gasteiger partial charge in [0, 0.05) is 5.56 Å². The summed E-state index contributed by atoms with van der Waals surface area (Å²) in [6, 6.07) is 23.7. The van der Waals surface area contributed by atoms with Gasteiger partial charge < -0.3 is 4.74 Å². The number of aryl methyl sites for hydroxylation is 1. The van der Waals surface area contributed by atoms with Crippen LogP contribution in [-0.4, -0.2) is 29.7 Å². The molecule has 2 aliphatic carbocycles. The van der Waals surface area contributed by atoms with Gasteiger partial charge in [0.2, 0.25) is 17.6 Å². The second-order valence-corrected chi connectivity index (χ2v) is 10.8. The first-order chi connectivity index (χ1) is 18.3. The number of amides is 2. The summed E-state index contributed by atoms with van der Waals surface area (Å²) in [6.45, 7) is 3.48. The molecule has 38 heavy (non-hydrogen) atoms. The van der Waals surface area contributed by atoms with Crippen LogP contribution in [0.15, 0.2) is 78.9 Å². The third kappa shape index (κ3) is 3.95. The van der Waals surface area contributed by atoms with Crippen molar-refractivity contribution in [2.24, 2.45) is 23.7 Å². The Kier molecular flexibility index (Phi) is 5.98. The van der Waals surface area contributed by atoms with E-state index in [1.54, 1.807) is 31.2 Å². The van der Waals surface area contributed by atoms with Gasteiger partial charge in [-0.15, -0.1) is 0 Å². The van der Waals surface area contributed by atoms with E-state index in [0.717, 1.165) is 18.4 Å². The highest BCUT2D eigenvalue weighted by Gasteiger charge is 2.64. The molecule has 6 nitrogen and oxygen atoms in total. The maximum atomic E-state index is 13.5. The van der Waals surface area contributed by atoms with Crippen LogP contribution in [0.2, 0.25) is 0 Å². The average molecular weight is 508 g/mol. The van der Waals surface area contributed by atoms with Gasteiger partial charge in [-0.2, -0.15) is 0 Å². The summed E-state index contributed by atoms with van der Waals surface area (Å²) in [5, 5.41) is 0. The Morgan fingerprint density at radius 3 is 2.13 bits per heavy atom. The molecule has 6 heteroatoms. The second kappa shape index (κ2) is 9.35. The third-order valence-corrected chi connectivity index (χ3v) is 8.59. The fourth-order valence-corrected chi connectivity index (χ4v) is 6.78. The summed E-state index contributed by atoms with van der Waals surface area (Å²) in [4.78, 5) is 53.6. The van der Waals surface area contributed by atoms with E-state index in [9.17, 15) is 19.2 Å². The molecule has 2 bridgehead atoms. The van der Waals surface area contributed by atoms with E-state index < -0.39 is 12.1 Å². The quantitative estimate of drug-likeness (QED) is 0.255. The number of esters is 1. The summed E-state index contributed by atoms with van der Waals surface area (Å²) in [6.07, 6.45) is 0.913. The van der Waals surface area contributed by atoms with Crippen LogP contribution in [0.1, 0.15) is 57.5 Å². The molecule has 0 spiro atoms. The first-order valence-electron chi connectivity index (χ1n) is 13.2. The number of ether oxygens (including phenoxy) is 1. The lowest BCUT2D eigenvalue weighted by Crippen LogP contribution is -2.33. The summed E-state index contributed by atoms with van der Waals surface area (Å²) in [5.74, 6) is -1.03. The lowest BCUT2D eigenvalue weighted by atomic mass is 9.73. The standard InChI is InChI=1S/C32H29NO5/c1-18-8-10-21(11-9-18)29(34)19(2)38-32(37)22-12-14-24(15-13-22)33-30(35)27-23-16-25(20-6-4-3-5-7-20)26(17-23)28(27)31(33)36/h3-15,19,23,25-28H,16-17H2,1-2H3/t19-,23+,25+,26+,27+,28-/m0/s1. The molecule has 0 aromatic heterocycles. The summed E-state index contributed by atoms with van der Waals surface area (Å²) < 4.78 is 5.41. The smallest absolute Gasteiger partial charge is 0.338 e. The van der Waals surface area contributed by atoms with Crippen LogP contribution in [0.25, 0.3) is 0 Å². The van der Waals surface area contributed by atoms with Gasteiger partial charge >= 0.3 is 5.97 Å². The van der Waals surface area contributed by atoms with Crippen molar-refractivity contribution in [1.82, 2.24) is 0 Å². The fourth-order valence-electron chi connectivity index (χ4n) is 6.78. The number of carbonyl (C=O) groups excluding carboxylic acids is 4. The molecule has 3 aromatic rings. The van der Waals surface area contributed by atoms with E-state index in [0.29, 0.717) is 17.2 Å². The van der Waals surface area contributed by atoms with Gasteiger partial charge in [-0.1, -0.05) is 60.2 Å². The van der Waals surface area contributed by atoms with E-state index in [1.165, 1.54) is 22.6 Å². The summed E-state index contributed by atoms with van der Waals surface area (Å²) in [7, 11) is 0. The Labute approximate surface area is 221 Å². The number of nitrogens with zero attached hydrogens (tertiary/aromatic N) is 1. The number of ketones is 1. The van der Waals surface area contributed by atoms with Crippen LogP contribution >= 0.6 is 0 Å². The number of benzene rings is 3. The van der Waals surface area contributed by atoms with Crippen LogP contribution in [0.5, 0.6) is 0 Å². The Balaban J connectivity index is 1.15. The molecule has 0 unspecified atom stereocenters. The van der Waals surface area contributed by atoms with Gasteiger partial charge in [0.05, 0.1) is 23.1 Å². The normalized spacial score (nSPS) is 26.4. The molecule has 0 N–H and O–H groups in total. The van der Waals surface area contributed by atoms with Crippen molar-refractivity contribution in [2.75, 3.05) is 4.90 Å². The van der Waals surface area contributed by atoms with Crippen molar-refractivity contribution in [3.05, 3.63) is 101 Å². The zero-order valence-electron chi connectivity index (χ0n) is 21.4. The molecule has 2 amide bonds. The monoisotopic (exact) mass is 507 g/mol. The van der Waals surface area contributed by atoms with Crippen LogP contribution in [-0.2, 0) is 14.3 Å². The van der Waals surface area contributed by atoms with E-state index >= 15 is 0 Å². The predicted molar refractivity (Wildman–Crippen MR) is 142 cm³/mol. The lowest BCUT2D eigenvalue weighted by molar-refractivity contribution is -0.123. The van der Waals surface area contributed by atoms with Crippen molar-refractivity contribution < 1.29 is 23.9 Å². The predicted octanol–water partition coefficient (Wildman–Crippen LogP) is 5.35. The molecule has 6 atom stereocenters. The second-order valence-electron chi connectivity index (χ2n) is 10.8. The number of carbonyl (C=O) groups is 4. The van der Waals surface area contributed by atoms with Crippen LogP contribution in [0.3, 0.4) is 0 Å². The number of hydrogen-bond donors (Lipinski definition) is 0.